The maximum absolute atomic E-state index is 13.8. The summed E-state index contributed by atoms with van der Waals surface area (Å²) in [6.07, 6.45) is 0.753. The topological polar surface area (TPSA) is 50.8 Å². The lowest BCUT2D eigenvalue weighted by Crippen LogP contribution is -2.31. The van der Waals surface area contributed by atoms with Gasteiger partial charge in [0, 0.05) is 6.54 Å². The molecule has 5 nitrogen and oxygen atoms in total. The predicted octanol–water partition coefficient (Wildman–Crippen LogP) is 3.69. The van der Waals surface area contributed by atoms with E-state index < -0.39 is 5.82 Å². The molecule has 0 aliphatic carbocycles. The molecule has 0 radical (unpaired) electrons. The van der Waals surface area contributed by atoms with Gasteiger partial charge in [0.25, 0.3) is 0 Å². The second-order valence-corrected chi connectivity index (χ2v) is 6.21. The van der Waals surface area contributed by atoms with E-state index in [1.807, 2.05) is 30.1 Å². The number of hydrogen-bond donors (Lipinski definition) is 1. The molecule has 0 fully saturated rings. The zero-order valence-electron chi connectivity index (χ0n) is 16.0. The molecule has 148 valence electrons. The summed E-state index contributed by atoms with van der Waals surface area (Å²) in [7, 11) is 5.05. The summed E-state index contributed by atoms with van der Waals surface area (Å²) in [4.78, 5) is 14.0. The number of methoxy groups -OCH3 is 2. The van der Waals surface area contributed by atoms with Gasteiger partial charge in [0.15, 0.2) is 11.5 Å². The third-order valence-electron chi connectivity index (χ3n) is 4.04. The molecule has 0 aliphatic rings. The summed E-state index contributed by atoms with van der Waals surface area (Å²) >= 11 is 0. The molecule has 0 saturated heterocycles. The first-order valence-corrected chi connectivity index (χ1v) is 8.38. The number of benzene rings is 2. The van der Waals surface area contributed by atoms with Crippen LogP contribution in [0.15, 0.2) is 36.4 Å². The zero-order valence-corrected chi connectivity index (χ0v) is 16.9. The van der Waals surface area contributed by atoms with E-state index in [-0.39, 0.29) is 30.5 Å². The lowest BCUT2D eigenvalue weighted by atomic mass is 10.1. The van der Waals surface area contributed by atoms with E-state index in [0.29, 0.717) is 18.0 Å². The molecular weight excluding hydrogens is 371 g/mol. The van der Waals surface area contributed by atoms with Crippen molar-refractivity contribution in [1.82, 2.24) is 4.90 Å². The van der Waals surface area contributed by atoms with Crippen LogP contribution < -0.4 is 14.8 Å². The Bertz CT molecular complexity index is 771. The molecule has 27 heavy (non-hydrogen) atoms. The Kier molecular flexibility index (Phi) is 9.05. The Balaban J connectivity index is 0.00000364. The van der Waals surface area contributed by atoms with Gasteiger partial charge in [0.1, 0.15) is 5.82 Å². The van der Waals surface area contributed by atoms with Gasteiger partial charge in [-0.3, -0.25) is 9.69 Å². The average Bonchev–Trinajstić information content (AvgIpc) is 2.62. The molecule has 1 N–H and O–H groups in total. The smallest absolute Gasteiger partial charge is 0.238 e. The zero-order chi connectivity index (χ0) is 19.1. The maximum atomic E-state index is 13.8. The van der Waals surface area contributed by atoms with E-state index in [0.717, 1.165) is 17.5 Å². The highest BCUT2D eigenvalue weighted by Gasteiger charge is 2.11. The molecule has 0 unspecified atom stereocenters. The molecule has 0 aromatic heterocycles. The average molecular weight is 397 g/mol. The van der Waals surface area contributed by atoms with Crippen LogP contribution in [-0.4, -0.2) is 45.2 Å². The Morgan fingerprint density at radius 2 is 1.81 bits per heavy atom. The van der Waals surface area contributed by atoms with E-state index in [4.69, 9.17) is 9.47 Å². The van der Waals surface area contributed by atoms with Crippen molar-refractivity contribution >= 4 is 24.0 Å². The molecular formula is C20H26ClFN2O3. The van der Waals surface area contributed by atoms with Gasteiger partial charge in [-0.1, -0.05) is 12.1 Å². The number of halogens is 2. The van der Waals surface area contributed by atoms with Crippen LogP contribution in [0.4, 0.5) is 10.1 Å². The monoisotopic (exact) mass is 396 g/mol. The number of rotatable bonds is 8. The fraction of sp³-hybridized carbons (Fsp3) is 0.350. The van der Waals surface area contributed by atoms with Gasteiger partial charge in [-0.15, -0.1) is 12.4 Å². The van der Waals surface area contributed by atoms with Gasteiger partial charge in [-0.2, -0.15) is 0 Å². The Morgan fingerprint density at radius 3 is 2.44 bits per heavy atom. The van der Waals surface area contributed by atoms with Crippen molar-refractivity contribution in [2.24, 2.45) is 0 Å². The van der Waals surface area contributed by atoms with Crippen molar-refractivity contribution in [3.8, 4) is 11.5 Å². The number of nitrogens with one attached hydrogen (secondary N) is 1. The van der Waals surface area contributed by atoms with Gasteiger partial charge < -0.3 is 14.8 Å². The minimum atomic E-state index is -0.425. The molecule has 0 atom stereocenters. The van der Waals surface area contributed by atoms with Gasteiger partial charge in [0.05, 0.1) is 26.5 Å². The summed E-state index contributed by atoms with van der Waals surface area (Å²) in [5, 5.41) is 2.61. The molecule has 0 spiro atoms. The SMILES string of the molecule is COc1ccc(CCN(C)CC(=O)Nc2ccc(C)cc2F)cc1OC.Cl. The van der Waals surface area contributed by atoms with Crippen LogP contribution in [0.1, 0.15) is 11.1 Å². The number of aryl methyl sites for hydroxylation is 1. The second-order valence-electron chi connectivity index (χ2n) is 6.21. The first-order chi connectivity index (χ1) is 12.4. The summed E-state index contributed by atoms with van der Waals surface area (Å²) in [5.74, 6) is 0.693. The van der Waals surface area contributed by atoms with Gasteiger partial charge in [-0.05, 0) is 55.8 Å². The molecule has 2 aromatic carbocycles. The predicted molar refractivity (Wildman–Crippen MR) is 108 cm³/mol. The molecule has 2 rings (SSSR count). The van der Waals surface area contributed by atoms with E-state index in [1.165, 1.54) is 6.07 Å². The first kappa shape index (κ1) is 22.7. The van der Waals surface area contributed by atoms with Gasteiger partial charge >= 0.3 is 0 Å². The second kappa shape index (κ2) is 10.7. The number of ether oxygens (including phenoxy) is 2. The number of anilines is 1. The number of carbonyl (C=O) groups is 1. The molecule has 0 aliphatic heterocycles. The fourth-order valence-corrected chi connectivity index (χ4v) is 2.59. The van der Waals surface area contributed by atoms with E-state index >= 15 is 0 Å². The number of carbonyl (C=O) groups excluding carboxylic acids is 1. The maximum Gasteiger partial charge on any atom is 0.238 e. The van der Waals surface area contributed by atoms with Crippen LogP contribution >= 0.6 is 12.4 Å². The van der Waals surface area contributed by atoms with Gasteiger partial charge in [0.2, 0.25) is 5.91 Å². The van der Waals surface area contributed by atoms with E-state index in [1.54, 1.807) is 33.3 Å². The van der Waals surface area contributed by atoms with Crippen LogP contribution in [0, 0.1) is 12.7 Å². The van der Waals surface area contributed by atoms with Crippen molar-refractivity contribution in [3.63, 3.8) is 0 Å². The summed E-state index contributed by atoms with van der Waals surface area (Å²) in [5.41, 5.74) is 2.10. The Hall–Kier alpha value is -2.31. The van der Waals surface area contributed by atoms with Crippen LogP contribution in [0.3, 0.4) is 0 Å². The summed E-state index contributed by atoms with van der Waals surface area (Å²) in [6.45, 7) is 2.66. The number of hydrogen-bond acceptors (Lipinski definition) is 4. The highest BCUT2D eigenvalue weighted by molar-refractivity contribution is 5.92. The van der Waals surface area contributed by atoms with Crippen LogP contribution in [0.5, 0.6) is 11.5 Å². The molecule has 0 saturated carbocycles. The van der Waals surface area contributed by atoms with Crippen molar-refractivity contribution < 1.29 is 18.7 Å². The molecule has 2 aromatic rings. The van der Waals surface area contributed by atoms with Crippen molar-refractivity contribution in [2.45, 2.75) is 13.3 Å². The van der Waals surface area contributed by atoms with Crippen LogP contribution in [-0.2, 0) is 11.2 Å². The van der Waals surface area contributed by atoms with E-state index in [9.17, 15) is 9.18 Å². The van der Waals surface area contributed by atoms with Crippen molar-refractivity contribution in [1.29, 1.82) is 0 Å². The highest BCUT2D eigenvalue weighted by Crippen LogP contribution is 2.27. The Labute approximate surface area is 165 Å². The lowest BCUT2D eigenvalue weighted by Gasteiger charge is -2.17. The summed E-state index contributed by atoms with van der Waals surface area (Å²) < 4.78 is 24.3. The third kappa shape index (κ3) is 6.73. The third-order valence-corrected chi connectivity index (χ3v) is 4.04. The molecule has 1 amide bonds. The highest BCUT2D eigenvalue weighted by atomic mass is 35.5. The number of likely N-dealkylation sites (N-methyl/N-ethyl adjacent to an activating group) is 1. The summed E-state index contributed by atoms with van der Waals surface area (Å²) in [6, 6.07) is 10.5. The first-order valence-electron chi connectivity index (χ1n) is 8.38. The lowest BCUT2D eigenvalue weighted by molar-refractivity contribution is -0.117. The number of amides is 1. The largest absolute Gasteiger partial charge is 0.493 e. The molecule has 7 heteroatoms. The van der Waals surface area contributed by atoms with Crippen LogP contribution in [0.2, 0.25) is 0 Å². The van der Waals surface area contributed by atoms with Crippen LogP contribution in [0.25, 0.3) is 0 Å². The Morgan fingerprint density at radius 1 is 1.11 bits per heavy atom. The number of nitrogens with zero attached hydrogens (tertiary/aromatic N) is 1. The van der Waals surface area contributed by atoms with Crippen molar-refractivity contribution in [3.05, 3.63) is 53.3 Å². The minimum Gasteiger partial charge on any atom is -0.493 e. The van der Waals surface area contributed by atoms with Gasteiger partial charge in [-0.25, -0.2) is 4.39 Å². The minimum absolute atomic E-state index is 0. The standard InChI is InChI=1S/C20H25FN2O3.ClH/c1-14-5-7-17(16(21)11-14)22-20(24)13-23(2)10-9-15-6-8-18(25-3)19(12-15)26-4;/h5-8,11-12H,9-10,13H2,1-4H3,(H,22,24);1H. The molecule has 0 bridgehead atoms. The van der Waals surface area contributed by atoms with E-state index in [2.05, 4.69) is 5.32 Å². The quantitative estimate of drug-likeness (QED) is 0.739. The molecule has 0 heterocycles. The van der Waals surface area contributed by atoms with Crippen molar-refractivity contribution in [2.75, 3.05) is 39.7 Å². The normalized spacial score (nSPS) is 10.3. The fourth-order valence-electron chi connectivity index (χ4n) is 2.59.